The van der Waals surface area contributed by atoms with Gasteiger partial charge < -0.3 is 10.0 Å². The van der Waals surface area contributed by atoms with E-state index in [9.17, 15) is 15.2 Å². The summed E-state index contributed by atoms with van der Waals surface area (Å²) in [6, 6.07) is 4.55. The molecule has 1 fully saturated rings. The number of β-amino-alcohol motifs (C(OH)–C–C–N with tert-alkyl or cyclic N) is 1. The lowest BCUT2D eigenvalue weighted by Gasteiger charge is -2.09. The normalized spacial score (nSPS) is 21.6. The van der Waals surface area contributed by atoms with Gasteiger partial charge in [-0.25, -0.2) is 4.99 Å². The predicted octanol–water partition coefficient (Wildman–Crippen LogP) is 1.89. The summed E-state index contributed by atoms with van der Waals surface area (Å²) in [5.74, 6) is 0. The van der Waals surface area contributed by atoms with Gasteiger partial charge in [0.25, 0.3) is 5.69 Å². The number of nitrogens with zero attached hydrogens (tertiary/aromatic N) is 3. The fourth-order valence-electron chi connectivity index (χ4n) is 1.65. The van der Waals surface area contributed by atoms with Gasteiger partial charge in [-0.3, -0.25) is 10.1 Å². The highest BCUT2D eigenvalue weighted by Gasteiger charge is 2.24. The number of aliphatic hydroxyl groups is 1. The third-order valence-electron chi connectivity index (χ3n) is 2.61. The number of rotatable bonds is 2. The molecule has 0 amide bonds. The van der Waals surface area contributed by atoms with Crippen molar-refractivity contribution in [3.8, 4) is 0 Å². The molecular weight excluding hydrogens is 254 g/mol. The Balaban J connectivity index is 2.30. The van der Waals surface area contributed by atoms with Gasteiger partial charge in [-0.2, -0.15) is 0 Å². The van der Waals surface area contributed by atoms with Crippen molar-refractivity contribution in [2.24, 2.45) is 4.99 Å². The fraction of sp³-hybridized carbons (Fsp3) is 0.364. The summed E-state index contributed by atoms with van der Waals surface area (Å²) < 4.78 is 0. The molecule has 0 spiro atoms. The van der Waals surface area contributed by atoms with Crippen LogP contribution in [0.1, 0.15) is 5.56 Å². The van der Waals surface area contributed by atoms with E-state index in [0.29, 0.717) is 12.2 Å². The minimum Gasteiger partial charge on any atom is -0.380 e. The van der Waals surface area contributed by atoms with Crippen LogP contribution in [-0.2, 0) is 0 Å². The minimum atomic E-state index is -0.466. The average molecular weight is 267 g/mol. The third-order valence-corrected chi connectivity index (χ3v) is 3.64. The van der Waals surface area contributed by atoms with E-state index in [1.165, 1.54) is 23.9 Å². The minimum absolute atomic E-state index is 0.0592. The van der Waals surface area contributed by atoms with Crippen LogP contribution in [0.3, 0.4) is 0 Å². The van der Waals surface area contributed by atoms with Gasteiger partial charge in [0.15, 0.2) is 5.17 Å². The van der Waals surface area contributed by atoms with E-state index >= 15 is 0 Å². The van der Waals surface area contributed by atoms with E-state index in [4.69, 9.17) is 0 Å². The van der Waals surface area contributed by atoms with Gasteiger partial charge >= 0.3 is 0 Å². The Kier molecular flexibility index (Phi) is 3.53. The van der Waals surface area contributed by atoms with Crippen LogP contribution in [0.2, 0.25) is 0 Å². The molecule has 1 saturated heterocycles. The molecule has 1 aliphatic heterocycles. The van der Waals surface area contributed by atoms with Gasteiger partial charge in [0.2, 0.25) is 0 Å². The number of likely N-dealkylation sites (N-methyl/N-ethyl adjacent to an activating group) is 1. The van der Waals surface area contributed by atoms with Gasteiger partial charge in [-0.05, 0) is 18.6 Å². The van der Waals surface area contributed by atoms with E-state index in [2.05, 4.69) is 4.99 Å². The van der Waals surface area contributed by atoms with Crippen LogP contribution in [0.5, 0.6) is 0 Å². The molecule has 1 N–H and O–H groups in total. The monoisotopic (exact) mass is 267 g/mol. The Bertz CT molecular complexity index is 518. The summed E-state index contributed by atoms with van der Waals surface area (Å²) in [5.41, 5.74) is 1.02. The number of amidine groups is 1. The SMILES string of the molecule is Cc1cc([N+](=O)[O-])ccc1N=C1SC(O)CN1C. The molecule has 0 aromatic heterocycles. The second-order valence-electron chi connectivity index (χ2n) is 4.08. The van der Waals surface area contributed by atoms with Crippen LogP contribution in [0.15, 0.2) is 23.2 Å². The van der Waals surface area contributed by atoms with E-state index in [0.717, 1.165) is 10.7 Å². The maximum Gasteiger partial charge on any atom is 0.269 e. The third kappa shape index (κ3) is 2.62. The maximum atomic E-state index is 10.6. The quantitative estimate of drug-likeness (QED) is 0.654. The largest absolute Gasteiger partial charge is 0.380 e. The van der Waals surface area contributed by atoms with Crippen molar-refractivity contribution in [2.45, 2.75) is 12.4 Å². The first-order valence-corrected chi connectivity index (χ1v) is 6.25. The summed E-state index contributed by atoms with van der Waals surface area (Å²) in [4.78, 5) is 16.5. The number of non-ortho nitro benzene ring substituents is 1. The second-order valence-corrected chi connectivity index (χ2v) is 5.22. The first kappa shape index (κ1) is 12.8. The molecular formula is C11H13N3O3S. The zero-order chi connectivity index (χ0) is 13.3. The molecule has 1 aromatic rings. The van der Waals surface area contributed by atoms with Crippen molar-refractivity contribution in [3.63, 3.8) is 0 Å². The van der Waals surface area contributed by atoms with Gasteiger partial charge in [0.1, 0.15) is 5.44 Å². The lowest BCUT2D eigenvalue weighted by molar-refractivity contribution is -0.384. The first-order valence-electron chi connectivity index (χ1n) is 5.37. The summed E-state index contributed by atoms with van der Waals surface area (Å²) in [6.45, 7) is 2.32. The van der Waals surface area contributed by atoms with Crippen molar-refractivity contribution < 1.29 is 10.0 Å². The Morgan fingerprint density at radius 3 is 2.83 bits per heavy atom. The number of nitro benzene ring substituents is 1. The molecule has 18 heavy (non-hydrogen) atoms. The van der Waals surface area contributed by atoms with Crippen LogP contribution < -0.4 is 0 Å². The highest BCUT2D eigenvalue weighted by molar-refractivity contribution is 8.14. The molecule has 0 bridgehead atoms. The van der Waals surface area contributed by atoms with Gasteiger partial charge in [-0.1, -0.05) is 11.8 Å². The molecule has 96 valence electrons. The maximum absolute atomic E-state index is 10.6. The standard InChI is InChI=1S/C11H13N3O3S/c1-7-5-8(14(16)17)3-4-9(7)12-11-13(2)6-10(15)18-11/h3-5,10,15H,6H2,1-2H3. The van der Waals surface area contributed by atoms with Gasteiger partial charge in [-0.15, -0.1) is 0 Å². The van der Waals surface area contributed by atoms with E-state index in [-0.39, 0.29) is 5.69 Å². The molecule has 0 aliphatic carbocycles. The van der Waals surface area contributed by atoms with Crippen LogP contribution in [0.25, 0.3) is 0 Å². The Labute approximate surface area is 108 Å². The summed E-state index contributed by atoms with van der Waals surface area (Å²) in [6.07, 6.45) is 0. The van der Waals surface area contributed by atoms with E-state index in [1.54, 1.807) is 13.0 Å². The first-order chi connectivity index (χ1) is 8.47. The van der Waals surface area contributed by atoms with Crippen molar-refractivity contribution in [3.05, 3.63) is 33.9 Å². The fourth-order valence-corrected chi connectivity index (χ4v) is 2.60. The molecule has 2 rings (SSSR count). The van der Waals surface area contributed by atoms with Crippen LogP contribution in [0.4, 0.5) is 11.4 Å². The number of benzene rings is 1. The zero-order valence-electron chi connectivity index (χ0n) is 10.0. The number of aryl methyl sites for hydroxylation is 1. The Morgan fingerprint density at radius 2 is 2.33 bits per heavy atom. The lowest BCUT2D eigenvalue weighted by atomic mass is 10.2. The highest BCUT2D eigenvalue weighted by atomic mass is 32.2. The Hall–Kier alpha value is -1.60. The number of aliphatic imine (C=N–C) groups is 1. The van der Waals surface area contributed by atoms with Crippen LogP contribution >= 0.6 is 11.8 Å². The number of hydrogen-bond acceptors (Lipinski definition) is 5. The van der Waals surface area contributed by atoms with E-state index < -0.39 is 10.4 Å². The molecule has 6 nitrogen and oxygen atoms in total. The topological polar surface area (TPSA) is 79.0 Å². The molecule has 1 aliphatic rings. The highest BCUT2D eigenvalue weighted by Crippen LogP contribution is 2.29. The molecule has 7 heteroatoms. The van der Waals surface area contributed by atoms with Crippen LogP contribution in [-0.4, -0.2) is 39.1 Å². The average Bonchev–Trinajstić information content (AvgIpc) is 2.60. The smallest absolute Gasteiger partial charge is 0.269 e. The molecule has 1 heterocycles. The molecule has 0 radical (unpaired) electrons. The molecule has 1 unspecified atom stereocenters. The lowest BCUT2D eigenvalue weighted by Crippen LogP contribution is -2.20. The summed E-state index contributed by atoms with van der Waals surface area (Å²) in [7, 11) is 1.85. The number of hydrogen-bond donors (Lipinski definition) is 1. The van der Waals surface area contributed by atoms with E-state index in [1.807, 2.05) is 11.9 Å². The zero-order valence-corrected chi connectivity index (χ0v) is 10.8. The molecule has 1 atom stereocenters. The molecule has 0 saturated carbocycles. The summed E-state index contributed by atoms with van der Waals surface area (Å²) in [5, 5.41) is 20.8. The second kappa shape index (κ2) is 4.95. The van der Waals surface area contributed by atoms with Crippen molar-refractivity contribution >= 4 is 28.3 Å². The number of aliphatic hydroxyl groups excluding tert-OH is 1. The van der Waals surface area contributed by atoms with Crippen molar-refractivity contribution in [1.29, 1.82) is 0 Å². The predicted molar refractivity (Wildman–Crippen MR) is 71.2 cm³/mol. The van der Waals surface area contributed by atoms with Gasteiger partial charge in [0.05, 0.1) is 17.2 Å². The Morgan fingerprint density at radius 1 is 1.61 bits per heavy atom. The number of thioether (sulfide) groups is 1. The number of nitro groups is 1. The van der Waals surface area contributed by atoms with Crippen molar-refractivity contribution in [1.82, 2.24) is 4.90 Å². The molecule has 1 aromatic carbocycles. The van der Waals surface area contributed by atoms with Gasteiger partial charge in [0, 0.05) is 19.2 Å². The summed E-state index contributed by atoms with van der Waals surface area (Å²) >= 11 is 1.29. The van der Waals surface area contributed by atoms with Crippen LogP contribution in [0, 0.1) is 17.0 Å². The van der Waals surface area contributed by atoms with Crippen molar-refractivity contribution in [2.75, 3.05) is 13.6 Å².